The van der Waals surface area contributed by atoms with E-state index < -0.39 is 0 Å². The zero-order valence-corrected chi connectivity index (χ0v) is 13.2. The summed E-state index contributed by atoms with van der Waals surface area (Å²) < 4.78 is 0. The third kappa shape index (κ3) is 3.34. The second-order valence-corrected chi connectivity index (χ2v) is 6.95. The zero-order valence-electron chi connectivity index (χ0n) is 12.4. The van der Waals surface area contributed by atoms with Crippen molar-refractivity contribution in [1.82, 2.24) is 10.6 Å². The van der Waals surface area contributed by atoms with E-state index in [9.17, 15) is 4.79 Å². The van der Waals surface area contributed by atoms with Crippen molar-refractivity contribution in [2.75, 3.05) is 0 Å². The van der Waals surface area contributed by atoms with Crippen molar-refractivity contribution >= 4 is 17.6 Å². The SMILES string of the molecule is CC(NC(=O)NCc1ccccc1Cl)C1CC2CCC1C2. The highest BCUT2D eigenvalue weighted by Gasteiger charge is 2.42. The molecule has 2 saturated carbocycles. The van der Waals surface area contributed by atoms with Crippen LogP contribution in [0.5, 0.6) is 0 Å². The lowest BCUT2D eigenvalue weighted by Crippen LogP contribution is -2.45. The third-order valence-electron chi connectivity index (χ3n) is 5.19. The van der Waals surface area contributed by atoms with E-state index in [0.29, 0.717) is 17.5 Å². The van der Waals surface area contributed by atoms with Crippen LogP contribution < -0.4 is 10.6 Å². The van der Waals surface area contributed by atoms with E-state index in [1.54, 1.807) is 0 Å². The molecule has 114 valence electrons. The molecular weight excluding hydrogens is 284 g/mol. The summed E-state index contributed by atoms with van der Waals surface area (Å²) in [6, 6.07) is 7.76. The first-order valence-electron chi connectivity index (χ1n) is 7.91. The summed E-state index contributed by atoms with van der Waals surface area (Å²) in [7, 11) is 0. The van der Waals surface area contributed by atoms with Crippen molar-refractivity contribution < 1.29 is 4.79 Å². The molecule has 2 aliphatic rings. The molecule has 2 N–H and O–H groups in total. The number of carbonyl (C=O) groups excluding carboxylic acids is 1. The van der Waals surface area contributed by atoms with Gasteiger partial charge in [0.25, 0.3) is 0 Å². The molecule has 2 amide bonds. The number of urea groups is 1. The van der Waals surface area contributed by atoms with Gasteiger partial charge in [-0.05, 0) is 55.6 Å². The minimum absolute atomic E-state index is 0.0924. The van der Waals surface area contributed by atoms with Gasteiger partial charge in [0.2, 0.25) is 0 Å². The van der Waals surface area contributed by atoms with E-state index >= 15 is 0 Å². The van der Waals surface area contributed by atoms with Gasteiger partial charge in [0, 0.05) is 17.6 Å². The predicted octanol–water partition coefficient (Wildman–Crippen LogP) is 3.96. The minimum atomic E-state index is -0.0924. The lowest BCUT2D eigenvalue weighted by molar-refractivity contribution is 0.220. The zero-order chi connectivity index (χ0) is 14.8. The first kappa shape index (κ1) is 14.7. The second kappa shape index (κ2) is 6.27. The summed E-state index contributed by atoms with van der Waals surface area (Å²) in [6.07, 6.45) is 5.41. The van der Waals surface area contributed by atoms with E-state index in [-0.39, 0.29) is 12.1 Å². The fraction of sp³-hybridized carbons (Fsp3) is 0.588. The van der Waals surface area contributed by atoms with Crippen LogP contribution in [0.25, 0.3) is 0 Å². The summed E-state index contributed by atoms with van der Waals surface area (Å²) in [4.78, 5) is 12.0. The summed E-state index contributed by atoms with van der Waals surface area (Å²) in [5.74, 6) is 2.40. The van der Waals surface area contributed by atoms with E-state index in [4.69, 9.17) is 11.6 Å². The number of carbonyl (C=O) groups is 1. The van der Waals surface area contributed by atoms with Crippen molar-refractivity contribution in [3.63, 3.8) is 0 Å². The van der Waals surface area contributed by atoms with Crippen LogP contribution in [0.3, 0.4) is 0 Å². The Morgan fingerprint density at radius 3 is 2.81 bits per heavy atom. The average molecular weight is 307 g/mol. The molecule has 3 nitrogen and oxygen atoms in total. The Kier molecular flexibility index (Phi) is 4.39. The number of hydrogen-bond donors (Lipinski definition) is 2. The van der Waals surface area contributed by atoms with Crippen LogP contribution in [0.1, 0.15) is 38.2 Å². The summed E-state index contributed by atoms with van der Waals surface area (Å²) >= 11 is 6.09. The maximum absolute atomic E-state index is 12.0. The van der Waals surface area contributed by atoms with Gasteiger partial charge in [-0.1, -0.05) is 36.2 Å². The van der Waals surface area contributed by atoms with Crippen molar-refractivity contribution in [1.29, 1.82) is 0 Å². The van der Waals surface area contributed by atoms with E-state index in [0.717, 1.165) is 17.4 Å². The first-order valence-corrected chi connectivity index (χ1v) is 8.29. The van der Waals surface area contributed by atoms with E-state index in [2.05, 4.69) is 17.6 Å². The summed E-state index contributed by atoms with van der Waals surface area (Å²) in [5.41, 5.74) is 0.946. The van der Waals surface area contributed by atoms with Crippen LogP contribution in [0, 0.1) is 17.8 Å². The van der Waals surface area contributed by atoms with Crippen LogP contribution in [0.4, 0.5) is 4.79 Å². The van der Waals surface area contributed by atoms with E-state index in [1.165, 1.54) is 25.7 Å². The largest absolute Gasteiger partial charge is 0.335 e. The van der Waals surface area contributed by atoms with Crippen LogP contribution in [0.15, 0.2) is 24.3 Å². The maximum Gasteiger partial charge on any atom is 0.315 e. The Morgan fingerprint density at radius 2 is 2.14 bits per heavy atom. The topological polar surface area (TPSA) is 41.1 Å². The molecule has 2 fully saturated rings. The molecule has 3 rings (SSSR count). The number of halogens is 1. The van der Waals surface area contributed by atoms with Crippen LogP contribution in [0.2, 0.25) is 5.02 Å². The van der Waals surface area contributed by atoms with Gasteiger partial charge in [-0.25, -0.2) is 4.79 Å². The lowest BCUT2D eigenvalue weighted by Gasteiger charge is -2.28. The fourth-order valence-electron chi connectivity index (χ4n) is 4.09. The van der Waals surface area contributed by atoms with Crippen molar-refractivity contribution in [3.8, 4) is 0 Å². The molecule has 4 atom stereocenters. The molecule has 1 aromatic carbocycles. The molecule has 1 aromatic rings. The molecule has 4 heteroatoms. The number of benzene rings is 1. The van der Waals surface area contributed by atoms with Gasteiger partial charge in [0.1, 0.15) is 0 Å². The predicted molar refractivity (Wildman–Crippen MR) is 85.2 cm³/mol. The molecule has 2 bridgehead atoms. The molecule has 4 unspecified atom stereocenters. The quantitative estimate of drug-likeness (QED) is 0.868. The summed E-state index contributed by atoms with van der Waals surface area (Å²) in [5, 5.41) is 6.70. The van der Waals surface area contributed by atoms with Gasteiger partial charge >= 0.3 is 6.03 Å². The number of nitrogens with one attached hydrogen (secondary N) is 2. The summed E-state index contributed by atoms with van der Waals surface area (Å²) in [6.45, 7) is 2.61. The molecule has 0 radical (unpaired) electrons. The van der Waals surface area contributed by atoms with Gasteiger partial charge in [0.15, 0.2) is 0 Å². The van der Waals surface area contributed by atoms with Gasteiger partial charge in [0.05, 0.1) is 0 Å². The number of hydrogen-bond acceptors (Lipinski definition) is 1. The Labute approximate surface area is 131 Å². The van der Waals surface area contributed by atoms with Gasteiger partial charge < -0.3 is 10.6 Å². The van der Waals surface area contributed by atoms with Crippen LogP contribution >= 0.6 is 11.6 Å². The molecule has 0 heterocycles. The fourth-order valence-corrected chi connectivity index (χ4v) is 4.29. The second-order valence-electron chi connectivity index (χ2n) is 6.55. The lowest BCUT2D eigenvalue weighted by atomic mass is 9.84. The Morgan fingerprint density at radius 1 is 1.33 bits per heavy atom. The number of amides is 2. The molecule has 21 heavy (non-hydrogen) atoms. The molecule has 2 aliphatic carbocycles. The maximum atomic E-state index is 12.0. The van der Waals surface area contributed by atoms with E-state index in [1.807, 2.05) is 24.3 Å². The highest BCUT2D eigenvalue weighted by molar-refractivity contribution is 6.31. The molecule has 0 spiro atoms. The van der Waals surface area contributed by atoms with Gasteiger partial charge in [-0.3, -0.25) is 0 Å². The Balaban J connectivity index is 1.47. The molecule has 0 saturated heterocycles. The van der Waals surface area contributed by atoms with Gasteiger partial charge in [-0.15, -0.1) is 0 Å². The standard InChI is InChI=1S/C17H23ClN2O/c1-11(15-9-12-6-7-13(15)8-12)20-17(21)19-10-14-4-2-3-5-16(14)18/h2-5,11-13,15H,6-10H2,1H3,(H2,19,20,21). The van der Waals surface area contributed by atoms with Crippen molar-refractivity contribution in [2.24, 2.45) is 17.8 Å². The molecule has 0 aliphatic heterocycles. The van der Waals surface area contributed by atoms with Crippen molar-refractivity contribution in [2.45, 2.75) is 45.2 Å². The Hall–Kier alpha value is -1.22. The minimum Gasteiger partial charge on any atom is -0.335 e. The Bertz CT molecular complexity index is 519. The number of rotatable bonds is 4. The van der Waals surface area contributed by atoms with Crippen LogP contribution in [-0.2, 0) is 6.54 Å². The third-order valence-corrected chi connectivity index (χ3v) is 5.56. The monoisotopic (exact) mass is 306 g/mol. The molecular formula is C17H23ClN2O. The number of fused-ring (bicyclic) bond motifs is 2. The first-order chi connectivity index (χ1) is 10.1. The van der Waals surface area contributed by atoms with Crippen LogP contribution in [-0.4, -0.2) is 12.1 Å². The van der Waals surface area contributed by atoms with Crippen molar-refractivity contribution in [3.05, 3.63) is 34.9 Å². The smallest absolute Gasteiger partial charge is 0.315 e. The normalized spacial score (nSPS) is 28.4. The van der Waals surface area contributed by atoms with Gasteiger partial charge in [-0.2, -0.15) is 0 Å². The highest BCUT2D eigenvalue weighted by Crippen LogP contribution is 2.49. The highest BCUT2D eigenvalue weighted by atomic mass is 35.5. The molecule has 0 aromatic heterocycles. The average Bonchev–Trinajstić information content (AvgIpc) is 3.09.